The van der Waals surface area contributed by atoms with Gasteiger partial charge in [0.1, 0.15) is 0 Å². The molecule has 2 aromatic rings. The first-order valence-electron chi connectivity index (χ1n) is 7.59. The number of carbonyl (C=O) groups is 1. The summed E-state index contributed by atoms with van der Waals surface area (Å²) in [7, 11) is 0. The van der Waals surface area contributed by atoms with Gasteiger partial charge in [-0.05, 0) is 30.5 Å². The molecular weight excluding hydrogens is 319 g/mol. The van der Waals surface area contributed by atoms with Crippen LogP contribution < -0.4 is 5.32 Å². The lowest BCUT2D eigenvalue weighted by molar-refractivity contribution is 0.0805. The van der Waals surface area contributed by atoms with Gasteiger partial charge in [0.05, 0.1) is 11.7 Å². The van der Waals surface area contributed by atoms with E-state index in [2.05, 4.69) is 5.32 Å². The van der Waals surface area contributed by atoms with E-state index in [1.165, 1.54) is 0 Å². The highest BCUT2D eigenvalue weighted by Crippen LogP contribution is 2.54. The summed E-state index contributed by atoms with van der Waals surface area (Å²) >= 11 is 0. The van der Waals surface area contributed by atoms with Gasteiger partial charge in [-0.2, -0.15) is 0 Å². The van der Waals surface area contributed by atoms with Crippen LogP contribution in [-0.2, 0) is 0 Å². The second kappa shape index (κ2) is 6.28. The third kappa shape index (κ3) is 3.01. The number of benzene rings is 2. The Morgan fingerprint density at radius 1 is 1.08 bits per heavy atom. The Balaban J connectivity index is 1.70. The molecule has 1 saturated carbocycles. The molecule has 0 heterocycles. The van der Waals surface area contributed by atoms with Gasteiger partial charge in [0.15, 0.2) is 17.5 Å². The molecule has 2 aromatic carbocycles. The van der Waals surface area contributed by atoms with Gasteiger partial charge in [-0.25, -0.2) is 13.2 Å². The fourth-order valence-electron chi connectivity index (χ4n) is 2.75. The van der Waals surface area contributed by atoms with Crippen molar-refractivity contribution in [2.45, 2.75) is 18.9 Å². The average Bonchev–Trinajstić information content (AvgIpc) is 3.39. The van der Waals surface area contributed by atoms with Gasteiger partial charge in [0.25, 0.3) is 5.91 Å². The SMILES string of the molecule is O=C(NCC1([C@H](O)c2ccccc2)CC1)c1ccc(F)c(F)c1F. The Hall–Kier alpha value is -2.34. The number of carbonyl (C=O) groups excluding carboxylic acids is 1. The zero-order chi connectivity index (χ0) is 17.3. The van der Waals surface area contributed by atoms with Crippen molar-refractivity contribution in [2.75, 3.05) is 6.54 Å². The molecule has 3 nitrogen and oxygen atoms in total. The topological polar surface area (TPSA) is 49.3 Å². The van der Waals surface area contributed by atoms with Gasteiger partial charge in [-0.3, -0.25) is 4.79 Å². The number of hydrogen-bond acceptors (Lipinski definition) is 2. The van der Waals surface area contributed by atoms with E-state index in [1.807, 2.05) is 18.2 Å². The van der Waals surface area contributed by atoms with E-state index < -0.39 is 40.4 Å². The first-order valence-corrected chi connectivity index (χ1v) is 7.59. The van der Waals surface area contributed by atoms with Gasteiger partial charge in [0.2, 0.25) is 0 Å². The van der Waals surface area contributed by atoms with Crippen LogP contribution in [0, 0.1) is 22.9 Å². The predicted octanol–water partition coefficient (Wildman–Crippen LogP) is 3.35. The quantitative estimate of drug-likeness (QED) is 0.824. The third-order valence-electron chi connectivity index (χ3n) is 4.47. The number of hydrogen-bond donors (Lipinski definition) is 2. The molecule has 3 rings (SSSR count). The van der Waals surface area contributed by atoms with E-state index >= 15 is 0 Å². The lowest BCUT2D eigenvalue weighted by atomic mass is 9.92. The maximum Gasteiger partial charge on any atom is 0.254 e. The number of rotatable bonds is 5. The maximum absolute atomic E-state index is 13.6. The fraction of sp³-hybridized carbons (Fsp3) is 0.278. The van der Waals surface area contributed by atoms with Crippen LogP contribution in [0.15, 0.2) is 42.5 Å². The maximum atomic E-state index is 13.6. The number of nitrogens with one attached hydrogen (secondary N) is 1. The predicted molar refractivity (Wildman–Crippen MR) is 81.7 cm³/mol. The molecule has 1 fully saturated rings. The van der Waals surface area contributed by atoms with E-state index in [-0.39, 0.29) is 6.54 Å². The summed E-state index contributed by atoms with van der Waals surface area (Å²) in [4.78, 5) is 12.0. The van der Waals surface area contributed by atoms with E-state index in [0.29, 0.717) is 18.9 Å². The molecule has 0 unspecified atom stereocenters. The number of halogens is 3. The number of amides is 1. The molecule has 1 aliphatic rings. The molecular formula is C18H16F3NO2. The Kier molecular flexibility index (Phi) is 4.32. The van der Waals surface area contributed by atoms with Gasteiger partial charge in [-0.1, -0.05) is 30.3 Å². The van der Waals surface area contributed by atoms with Crippen LogP contribution in [0.3, 0.4) is 0 Å². The summed E-state index contributed by atoms with van der Waals surface area (Å²) in [5, 5.41) is 13.0. The van der Waals surface area contributed by atoms with Crippen LogP contribution in [-0.4, -0.2) is 17.6 Å². The molecule has 0 bridgehead atoms. The van der Waals surface area contributed by atoms with E-state index in [1.54, 1.807) is 12.1 Å². The summed E-state index contributed by atoms with van der Waals surface area (Å²) in [5.74, 6) is -5.37. The summed E-state index contributed by atoms with van der Waals surface area (Å²) in [5.41, 5.74) is -0.325. The minimum absolute atomic E-state index is 0.125. The minimum Gasteiger partial charge on any atom is -0.388 e. The summed E-state index contributed by atoms with van der Waals surface area (Å²) < 4.78 is 39.8. The number of aliphatic hydroxyl groups excluding tert-OH is 1. The molecule has 2 N–H and O–H groups in total. The highest BCUT2D eigenvalue weighted by atomic mass is 19.2. The highest BCUT2D eigenvalue weighted by Gasteiger charge is 2.49. The van der Waals surface area contributed by atoms with Crippen molar-refractivity contribution in [1.82, 2.24) is 5.32 Å². The molecule has 0 aliphatic heterocycles. The second-order valence-corrected chi connectivity index (χ2v) is 6.08. The molecule has 6 heteroatoms. The van der Waals surface area contributed by atoms with E-state index in [9.17, 15) is 23.1 Å². The molecule has 0 aromatic heterocycles. The number of aliphatic hydroxyl groups is 1. The lowest BCUT2D eigenvalue weighted by Crippen LogP contribution is -2.34. The second-order valence-electron chi connectivity index (χ2n) is 6.08. The Morgan fingerprint density at radius 3 is 2.38 bits per heavy atom. The highest BCUT2D eigenvalue weighted by molar-refractivity contribution is 5.94. The summed E-state index contributed by atoms with van der Waals surface area (Å²) in [6.45, 7) is 0.125. The van der Waals surface area contributed by atoms with Crippen molar-refractivity contribution in [3.05, 3.63) is 71.0 Å². The molecule has 0 saturated heterocycles. The molecule has 1 aliphatic carbocycles. The van der Waals surface area contributed by atoms with Crippen molar-refractivity contribution in [3.8, 4) is 0 Å². The van der Waals surface area contributed by atoms with Gasteiger partial charge < -0.3 is 10.4 Å². The van der Waals surface area contributed by atoms with Crippen LogP contribution in [0.2, 0.25) is 0 Å². The monoisotopic (exact) mass is 335 g/mol. The smallest absolute Gasteiger partial charge is 0.254 e. The minimum atomic E-state index is -1.67. The summed E-state index contributed by atoms with van der Waals surface area (Å²) in [6.07, 6.45) is 0.668. The largest absolute Gasteiger partial charge is 0.388 e. The van der Waals surface area contributed by atoms with Crippen LogP contribution in [0.25, 0.3) is 0 Å². The fourth-order valence-corrected chi connectivity index (χ4v) is 2.75. The van der Waals surface area contributed by atoms with Crippen LogP contribution in [0.4, 0.5) is 13.2 Å². The van der Waals surface area contributed by atoms with Gasteiger partial charge in [0, 0.05) is 12.0 Å². The molecule has 126 valence electrons. The third-order valence-corrected chi connectivity index (χ3v) is 4.47. The van der Waals surface area contributed by atoms with Crippen molar-refractivity contribution >= 4 is 5.91 Å². The molecule has 24 heavy (non-hydrogen) atoms. The van der Waals surface area contributed by atoms with Crippen molar-refractivity contribution in [3.63, 3.8) is 0 Å². The Bertz CT molecular complexity index is 760. The van der Waals surface area contributed by atoms with Gasteiger partial charge in [-0.15, -0.1) is 0 Å². The zero-order valence-corrected chi connectivity index (χ0v) is 12.7. The molecule has 1 atom stereocenters. The Labute approximate surface area is 137 Å². The Morgan fingerprint density at radius 2 is 1.75 bits per heavy atom. The molecule has 1 amide bonds. The van der Waals surface area contributed by atoms with Crippen molar-refractivity contribution in [1.29, 1.82) is 0 Å². The molecule has 0 radical (unpaired) electrons. The average molecular weight is 335 g/mol. The van der Waals surface area contributed by atoms with Crippen molar-refractivity contribution in [2.24, 2.45) is 5.41 Å². The van der Waals surface area contributed by atoms with Crippen molar-refractivity contribution < 1.29 is 23.1 Å². The summed E-state index contributed by atoms with van der Waals surface area (Å²) in [6, 6.07) is 10.6. The first kappa shape index (κ1) is 16.5. The first-order chi connectivity index (χ1) is 11.4. The molecule has 0 spiro atoms. The lowest BCUT2D eigenvalue weighted by Gasteiger charge is -2.23. The zero-order valence-electron chi connectivity index (χ0n) is 12.7. The van der Waals surface area contributed by atoms with E-state index in [4.69, 9.17) is 0 Å². The normalized spacial score (nSPS) is 16.5. The van der Waals surface area contributed by atoms with Crippen LogP contribution in [0.1, 0.15) is 34.9 Å². The standard InChI is InChI=1S/C18H16F3NO2/c19-13-7-6-12(14(20)15(13)21)17(24)22-10-18(8-9-18)16(23)11-4-2-1-3-5-11/h1-7,16,23H,8-10H2,(H,22,24)/t16-/m1/s1. The van der Waals surface area contributed by atoms with E-state index in [0.717, 1.165) is 11.6 Å². The van der Waals surface area contributed by atoms with Crippen LogP contribution >= 0.6 is 0 Å². The van der Waals surface area contributed by atoms with Gasteiger partial charge >= 0.3 is 0 Å². The van der Waals surface area contributed by atoms with Crippen LogP contribution in [0.5, 0.6) is 0 Å².